The van der Waals surface area contributed by atoms with E-state index in [0.29, 0.717) is 23.5 Å². The van der Waals surface area contributed by atoms with Crippen molar-refractivity contribution in [2.45, 2.75) is 20.8 Å². The lowest BCUT2D eigenvalue weighted by Gasteiger charge is -2.17. The number of benzene rings is 1. The monoisotopic (exact) mass is 401 g/mol. The van der Waals surface area contributed by atoms with Crippen molar-refractivity contribution in [1.29, 1.82) is 0 Å². The van der Waals surface area contributed by atoms with E-state index in [0.717, 1.165) is 31.3 Å². The number of hydrogen-bond donors (Lipinski definition) is 3. The molecule has 0 bridgehead atoms. The maximum atomic E-state index is 14.2. The van der Waals surface area contributed by atoms with Gasteiger partial charge in [0.2, 0.25) is 5.91 Å². The Morgan fingerprint density at radius 2 is 2.07 bits per heavy atom. The number of halogens is 1. The summed E-state index contributed by atoms with van der Waals surface area (Å²) in [5, 5.41) is 13.2. The second-order valence-corrected chi connectivity index (χ2v) is 6.36. The van der Waals surface area contributed by atoms with Crippen molar-refractivity contribution < 1.29 is 13.9 Å². The number of aromatic nitrogens is 4. The van der Waals surface area contributed by atoms with Gasteiger partial charge in [0.05, 0.1) is 11.7 Å². The first-order chi connectivity index (χ1) is 14.0. The molecule has 0 unspecified atom stereocenters. The third-order valence-electron chi connectivity index (χ3n) is 4.38. The second-order valence-electron chi connectivity index (χ2n) is 6.36. The number of anilines is 3. The van der Waals surface area contributed by atoms with E-state index in [1.54, 1.807) is 18.2 Å². The molecule has 2 aromatic heterocycles. The van der Waals surface area contributed by atoms with Crippen molar-refractivity contribution in [2.24, 2.45) is 0 Å². The summed E-state index contributed by atoms with van der Waals surface area (Å²) in [5.41, 5.74) is 1.32. The highest BCUT2D eigenvalue weighted by molar-refractivity contribution is 5.99. The van der Waals surface area contributed by atoms with Crippen LogP contribution in [0, 0.1) is 5.82 Å². The fourth-order valence-corrected chi connectivity index (χ4v) is 2.80. The van der Waals surface area contributed by atoms with E-state index in [1.807, 2.05) is 0 Å². The lowest BCUT2D eigenvalue weighted by molar-refractivity contribution is -0.114. The van der Waals surface area contributed by atoms with E-state index < -0.39 is 5.82 Å². The van der Waals surface area contributed by atoms with Gasteiger partial charge in [-0.25, -0.2) is 9.37 Å². The highest BCUT2D eigenvalue weighted by atomic mass is 19.1. The van der Waals surface area contributed by atoms with Gasteiger partial charge in [-0.1, -0.05) is 13.8 Å². The van der Waals surface area contributed by atoms with Gasteiger partial charge in [0.1, 0.15) is 6.61 Å². The molecule has 0 saturated heterocycles. The molecule has 0 aliphatic heterocycles. The number of fused-ring (bicyclic) bond motifs is 1. The van der Waals surface area contributed by atoms with Gasteiger partial charge in [0, 0.05) is 24.5 Å². The highest BCUT2D eigenvalue weighted by Gasteiger charge is 2.12. The fraction of sp³-hybridized carbons (Fsp3) is 0.368. The average molecular weight is 401 g/mol. The SMILES string of the molecule is CCN(CC)CCOc1ncc(F)c(Nc2ccc3[nH]nc(NC(C)=O)c3c2)n1. The minimum absolute atomic E-state index is 0.00163. The molecule has 1 amide bonds. The number of amides is 1. The molecule has 2 heterocycles. The summed E-state index contributed by atoms with van der Waals surface area (Å²) in [6.45, 7) is 8.55. The first-order valence-corrected chi connectivity index (χ1v) is 9.40. The predicted octanol–water partition coefficient (Wildman–Crippen LogP) is 2.91. The Bertz CT molecular complexity index is 988. The molecule has 0 aliphatic rings. The Morgan fingerprint density at radius 1 is 1.28 bits per heavy atom. The van der Waals surface area contributed by atoms with E-state index in [4.69, 9.17) is 4.74 Å². The molecule has 1 aromatic carbocycles. The molecule has 9 nitrogen and oxygen atoms in total. The van der Waals surface area contributed by atoms with Gasteiger partial charge in [-0.05, 0) is 31.3 Å². The zero-order chi connectivity index (χ0) is 20.8. The van der Waals surface area contributed by atoms with Crippen molar-refractivity contribution >= 4 is 34.1 Å². The Balaban J connectivity index is 1.74. The Morgan fingerprint density at radius 3 is 2.79 bits per heavy atom. The number of carbonyl (C=O) groups excluding carboxylic acids is 1. The van der Waals surface area contributed by atoms with Crippen LogP contribution in [0.2, 0.25) is 0 Å². The van der Waals surface area contributed by atoms with Crippen molar-refractivity contribution in [3.8, 4) is 6.01 Å². The predicted molar refractivity (Wildman–Crippen MR) is 109 cm³/mol. The van der Waals surface area contributed by atoms with Crippen LogP contribution in [0.15, 0.2) is 24.4 Å². The van der Waals surface area contributed by atoms with Gasteiger partial charge >= 0.3 is 6.01 Å². The van der Waals surface area contributed by atoms with Gasteiger partial charge in [-0.15, -0.1) is 0 Å². The third-order valence-corrected chi connectivity index (χ3v) is 4.38. The van der Waals surface area contributed by atoms with Crippen LogP contribution in [0.3, 0.4) is 0 Å². The van der Waals surface area contributed by atoms with Crippen LogP contribution in [-0.4, -0.2) is 57.2 Å². The summed E-state index contributed by atoms with van der Waals surface area (Å²) in [6.07, 6.45) is 1.07. The van der Waals surface area contributed by atoms with Crippen LogP contribution >= 0.6 is 0 Å². The lowest BCUT2D eigenvalue weighted by atomic mass is 10.2. The number of likely N-dealkylation sites (N-methyl/N-ethyl adjacent to an activating group) is 1. The van der Waals surface area contributed by atoms with Gasteiger partial charge in [0.25, 0.3) is 0 Å². The molecule has 3 aromatic rings. The second kappa shape index (κ2) is 9.28. The van der Waals surface area contributed by atoms with Crippen LogP contribution < -0.4 is 15.4 Å². The maximum absolute atomic E-state index is 14.2. The van der Waals surface area contributed by atoms with Crippen LogP contribution in [-0.2, 0) is 4.79 Å². The quantitative estimate of drug-likeness (QED) is 0.506. The summed E-state index contributed by atoms with van der Waals surface area (Å²) in [5.74, 6) is -0.429. The van der Waals surface area contributed by atoms with Crippen molar-refractivity contribution in [3.05, 3.63) is 30.2 Å². The summed E-state index contributed by atoms with van der Waals surface area (Å²) >= 11 is 0. The molecular formula is C19H24FN7O2. The summed E-state index contributed by atoms with van der Waals surface area (Å²) in [6, 6.07) is 5.37. The number of nitrogens with one attached hydrogen (secondary N) is 3. The first kappa shape index (κ1) is 20.5. The zero-order valence-corrected chi connectivity index (χ0v) is 16.6. The van der Waals surface area contributed by atoms with E-state index >= 15 is 0 Å². The van der Waals surface area contributed by atoms with Crippen LogP contribution in [0.5, 0.6) is 6.01 Å². The topological polar surface area (TPSA) is 108 Å². The third kappa shape index (κ3) is 5.17. The van der Waals surface area contributed by atoms with Crippen molar-refractivity contribution in [1.82, 2.24) is 25.1 Å². The Labute approximate surface area is 167 Å². The Hall–Kier alpha value is -3.27. The summed E-state index contributed by atoms with van der Waals surface area (Å²) < 4.78 is 19.8. The molecule has 3 N–H and O–H groups in total. The molecule has 0 saturated carbocycles. The normalized spacial score (nSPS) is 11.1. The van der Waals surface area contributed by atoms with E-state index in [9.17, 15) is 9.18 Å². The first-order valence-electron chi connectivity index (χ1n) is 9.40. The highest BCUT2D eigenvalue weighted by Crippen LogP contribution is 2.26. The molecule has 0 atom stereocenters. The summed E-state index contributed by atoms with van der Waals surface area (Å²) in [7, 11) is 0. The largest absolute Gasteiger partial charge is 0.462 e. The number of rotatable bonds is 9. The van der Waals surface area contributed by atoms with Crippen LogP contribution in [0.4, 0.5) is 21.7 Å². The smallest absolute Gasteiger partial charge is 0.318 e. The molecule has 154 valence electrons. The Kier molecular flexibility index (Phi) is 6.55. The molecule has 0 aliphatic carbocycles. The number of H-pyrrole nitrogens is 1. The van der Waals surface area contributed by atoms with Gasteiger partial charge in [-0.3, -0.25) is 9.89 Å². The van der Waals surface area contributed by atoms with Gasteiger partial charge < -0.3 is 20.3 Å². The summed E-state index contributed by atoms with van der Waals surface area (Å²) in [4.78, 5) is 21.5. The molecule has 10 heteroatoms. The molecule has 0 fully saturated rings. The minimum Gasteiger partial charge on any atom is -0.462 e. The van der Waals surface area contributed by atoms with E-state index in [2.05, 4.69) is 49.5 Å². The number of nitrogens with zero attached hydrogens (tertiary/aromatic N) is 4. The minimum atomic E-state index is -0.601. The molecule has 0 spiro atoms. The standard InChI is InChI=1S/C19H24FN7O2/c1-4-27(5-2)8-9-29-19-21-11-15(20)18(24-19)23-13-6-7-16-14(10-13)17(26-25-16)22-12(3)28/h6-7,10-11H,4-5,8-9H2,1-3H3,(H,21,23,24)(H2,22,25,26,28). The number of aromatic amines is 1. The van der Waals surface area contributed by atoms with Crippen LogP contribution in [0.25, 0.3) is 10.9 Å². The van der Waals surface area contributed by atoms with E-state index in [1.165, 1.54) is 6.92 Å². The number of carbonyl (C=O) groups is 1. The average Bonchev–Trinajstić information content (AvgIpc) is 3.09. The fourth-order valence-electron chi connectivity index (χ4n) is 2.80. The maximum Gasteiger partial charge on any atom is 0.318 e. The number of ether oxygens (including phenoxy) is 1. The van der Waals surface area contributed by atoms with Crippen LogP contribution in [0.1, 0.15) is 20.8 Å². The van der Waals surface area contributed by atoms with Gasteiger partial charge in [-0.2, -0.15) is 10.1 Å². The van der Waals surface area contributed by atoms with Gasteiger partial charge in [0.15, 0.2) is 17.5 Å². The zero-order valence-electron chi connectivity index (χ0n) is 16.6. The number of hydrogen-bond acceptors (Lipinski definition) is 7. The lowest BCUT2D eigenvalue weighted by Crippen LogP contribution is -2.28. The molecular weight excluding hydrogens is 377 g/mol. The molecule has 29 heavy (non-hydrogen) atoms. The van der Waals surface area contributed by atoms with E-state index in [-0.39, 0.29) is 17.7 Å². The molecule has 3 rings (SSSR count). The van der Waals surface area contributed by atoms with Crippen molar-refractivity contribution in [2.75, 3.05) is 36.9 Å². The van der Waals surface area contributed by atoms with Crippen molar-refractivity contribution in [3.63, 3.8) is 0 Å². The molecule has 0 radical (unpaired) electrons.